The highest BCUT2D eigenvalue weighted by Crippen LogP contribution is 2.32. The summed E-state index contributed by atoms with van der Waals surface area (Å²) in [6, 6.07) is 1.61. The number of thiophene rings is 1. The quantitative estimate of drug-likeness (QED) is 0.841. The minimum atomic E-state index is -3.50. The lowest BCUT2D eigenvalue weighted by atomic mass is 10.4. The van der Waals surface area contributed by atoms with Crippen LogP contribution >= 0.6 is 22.9 Å². The standard InChI is InChI=1S/C10H11ClN4O2S2/c1-7-4-9(18-10(7)11)19(16,17)15-3-2-14-6-12-13-8(14)5-15/h4,6H,2-3,5H2,1H3. The third kappa shape index (κ3) is 2.18. The van der Waals surface area contributed by atoms with Gasteiger partial charge in [0.05, 0.1) is 10.9 Å². The maximum Gasteiger partial charge on any atom is 0.253 e. The number of hydrogen-bond donors (Lipinski definition) is 0. The largest absolute Gasteiger partial charge is 0.315 e. The van der Waals surface area contributed by atoms with E-state index in [2.05, 4.69) is 10.2 Å². The van der Waals surface area contributed by atoms with Crippen LogP contribution in [0.1, 0.15) is 11.4 Å². The van der Waals surface area contributed by atoms with Gasteiger partial charge >= 0.3 is 0 Å². The first-order valence-corrected chi connectivity index (χ1v) is 8.24. The Balaban J connectivity index is 1.94. The summed E-state index contributed by atoms with van der Waals surface area (Å²) >= 11 is 7.04. The third-order valence-electron chi connectivity index (χ3n) is 3.03. The van der Waals surface area contributed by atoms with Crippen LogP contribution < -0.4 is 0 Å². The van der Waals surface area contributed by atoms with Crippen LogP contribution in [0.15, 0.2) is 16.6 Å². The fourth-order valence-corrected chi connectivity index (χ4v) is 5.18. The zero-order valence-corrected chi connectivity index (χ0v) is 12.5. The van der Waals surface area contributed by atoms with Gasteiger partial charge in [-0.25, -0.2) is 8.42 Å². The van der Waals surface area contributed by atoms with Gasteiger partial charge in [0.1, 0.15) is 16.4 Å². The van der Waals surface area contributed by atoms with Gasteiger partial charge in [-0.3, -0.25) is 0 Å². The second-order valence-electron chi connectivity index (χ2n) is 4.30. The molecule has 1 aliphatic heterocycles. The fraction of sp³-hybridized carbons (Fsp3) is 0.400. The van der Waals surface area contributed by atoms with Crippen LogP contribution in [0.5, 0.6) is 0 Å². The SMILES string of the molecule is Cc1cc(S(=O)(=O)N2CCn3cnnc3C2)sc1Cl. The summed E-state index contributed by atoms with van der Waals surface area (Å²) in [6.45, 7) is 3.03. The van der Waals surface area contributed by atoms with E-state index in [1.54, 1.807) is 19.3 Å². The van der Waals surface area contributed by atoms with E-state index in [0.717, 1.165) is 16.9 Å². The van der Waals surface area contributed by atoms with Crippen molar-refractivity contribution in [2.75, 3.05) is 6.54 Å². The second-order valence-corrected chi connectivity index (χ2v) is 8.12. The monoisotopic (exact) mass is 318 g/mol. The van der Waals surface area contributed by atoms with Gasteiger partial charge in [-0.05, 0) is 18.6 Å². The average molecular weight is 319 g/mol. The minimum absolute atomic E-state index is 0.247. The molecule has 0 saturated carbocycles. The lowest BCUT2D eigenvalue weighted by molar-refractivity contribution is 0.336. The van der Waals surface area contributed by atoms with Crippen molar-refractivity contribution in [2.45, 2.75) is 24.2 Å². The van der Waals surface area contributed by atoms with Crippen LogP contribution in [0, 0.1) is 6.92 Å². The Hall–Kier alpha value is -0.960. The zero-order chi connectivity index (χ0) is 13.6. The van der Waals surface area contributed by atoms with Gasteiger partial charge in [0.25, 0.3) is 10.0 Å². The summed E-state index contributed by atoms with van der Waals surface area (Å²) in [6.07, 6.45) is 1.62. The van der Waals surface area contributed by atoms with E-state index in [-0.39, 0.29) is 10.8 Å². The van der Waals surface area contributed by atoms with Gasteiger partial charge in [0, 0.05) is 13.1 Å². The molecule has 0 aromatic carbocycles. The number of halogens is 1. The molecule has 2 aromatic heterocycles. The molecule has 0 saturated heterocycles. The van der Waals surface area contributed by atoms with E-state index >= 15 is 0 Å². The number of nitrogens with zero attached hydrogens (tertiary/aromatic N) is 4. The molecule has 2 aromatic rings. The molecule has 19 heavy (non-hydrogen) atoms. The van der Waals surface area contributed by atoms with Gasteiger partial charge in [-0.2, -0.15) is 4.31 Å². The van der Waals surface area contributed by atoms with Crippen LogP contribution in [0.3, 0.4) is 0 Å². The number of rotatable bonds is 2. The first-order valence-electron chi connectivity index (χ1n) is 5.61. The van der Waals surface area contributed by atoms with Crippen molar-refractivity contribution in [1.82, 2.24) is 19.1 Å². The molecule has 0 spiro atoms. The van der Waals surface area contributed by atoms with Crippen LogP contribution in [0.2, 0.25) is 4.34 Å². The summed E-state index contributed by atoms with van der Waals surface area (Å²) < 4.78 is 29.1. The molecule has 0 fully saturated rings. The van der Waals surface area contributed by atoms with Crippen molar-refractivity contribution in [3.8, 4) is 0 Å². The highest BCUT2D eigenvalue weighted by molar-refractivity contribution is 7.91. The van der Waals surface area contributed by atoms with E-state index in [1.807, 2.05) is 4.57 Å². The Morgan fingerprint density at radius 1 is 1.42 bits per heavy atom. The summed E-state index contributed by atoms with van der Waals surface area (Å²) in [5, 5.41) is 7.71. The number of sulfonamides is 1. The lowest BCUT2D eigenvalue weighted by Gasteiger charge is -2.25. The highest BCUT2D eigenvalue weighted by Gasteiger charge is 2.30. The molecule has 0 unspecified atom stereocenters. The second kappa shape index (κ2) is 4.55. The molecule has 3 heterocycles. The molecule has 1 aliphatic rings. The van der Waals surface area contributed by atoms with E-state index < -0.39 is 10.0 Å². The molecule has 0 atom stereocenters. The molecule has 102 valence electrons. The predicted molar refractivity (Wildman–Crippen MR) is 71.7 cm³/mol. The Bertz CT molecular complexity index is 702. The topological polar surface area (TPSA) is 68.1 Å². The molecular formula is C10H11ClN4O2S2. The normalized spacial score (nSPS) is 16.5. The molecule has 9 heteroatoms. The Kier molecular flexibility index (Phi) is 3.12. The third-order valence-corrected chi connectivity index (χ3v) is 6.88. The maximum atomic E-state index is 12.5. The molecule has 0 bridgehead atoms. The molecule has 6 nitrogen and oxygen atoms in total. The van der Waals surface area contributed by atoms with Crippen molar-refractivity contribution < 1.29 is 8.42 Å². The molecular weight excluding hydrogens is 308 g/mol. The Morgan fingerprint density at radius 2 is 2.21 bits per heavy atom. The smallest absolute Gasteiger partial charge is 0.253 e. The summed E-state index contributed by atoms with van der Waals surface area (Å²) in [7, 11) is -3.50. The summed E-state index contributed by atoms with van der Waals surface area (Å²) in [5.41, 5.74) is 0.783. The lowest BCUT2D eigenvalue weighted by Crippen LogP contribution is -2.37. The van der Waals surface area contributed by atoms with Crippen LogP contribution in [-0.4, -0.2) is 34.0 Å². The van der Waals surface area contributed by atoms with Gasteiger partial charge in [-0.15, -0.1) is 21.5 Å². The van der Waals surface area contributed by atoms with E-state index in [4.69, 9.17) is 11.6 Å². The van der Waals surface area contributed by atoms with Crippen molar-refractivity contribution in [3.63, 3.8) is 0 Å². The summed E-state index contributed by atoms with van der Waals surface area (Å²) in [4.78, 5) is 0. The first kappa shape index (κ1) is 13.0. The number of aryl methyl sites for hydroxylation is 1. The first-order chi connectivity index (χ1) is 8.98. The number of aromatic nitrogens is 3. The zero-order valence-electron chi connectivity index (χ0n) is 10.1. The molecule has 0 aliphatic carbocycles. The highest BCUT2D eigenvalue weighted by atomic mass is 35.5. The van der Waals surface area contributed by atoms with E-state index in [1.165, 1.54) is 4.31 Å². The summed E-state index contributed by atoms with van der Waals surface area (Å²) in [5.74, 6) is 0.661. The Labute approximate surface area is 119 Å². The fourth-order valence-electron chi connectivity index (χ4n) is 1.94. The molecule has 0 amide bonds. The average Bonchev–Trinajstić information content (AvgIpc) is 2.96. The maximum absolute atomic E-state index is 12.5. The predicted octanol–water partition coefficient (Wildman–Crippen LogP) is 1.51. The molecule has 3 rings (SSSR count). The van der Waals surface area contributed by atoms with Crippen LogP contribution in [0.4, 0.5) is 0 Å². The Morgan fingerprint density at radius 3 is 2.89 bits per heavy atom. The van der Waals surface area contributed by atoms with Gasteiger partial charge in [-0.1, -0.05) is 11.6 Å². The van der Waals surface area contributed by atoms with E-state index in [0.29, 0.717) is 23.3 Å². The van der Waals surface area contributed by atoms with Crippen molar-refractivity contribution in [3.05, 3.63) is 28.1 Å². The minimum Gasteiger partial charge on any atom is -0.315 e. The van der Waals surface area contributed by atoms with Crippen LogP contribution in [-0.2, 0) is 23.1 Å². The van der Waals surface area contributed by atoms with Gasteiger partial charge in [0.2, 0.25) is 0 Å². The van der Waals surface area contributed by atoms with Gasteiger partial charge < -0.3 is 4.57 Å². The molecule has 0 N–H and O–H groups in total. The van der Waals surface area contributed by atoms with Crippen LogP contribution in [0.25, 0.3) is 0 Å². The number of hydrogen-bond acceptors (Lipinski definition) is 5. The van der Waals surface area contributed by atoms with Crippen molar-refractivity contribution >= 4 is 33.0 Å². The van der Waals surface area contributed by atoms with Gasteiger partial charge in [0.15, 0.2) is 0 Å². The number of fused-ring (bicyclic) bond motifs is 1. The van der Waals surface area contributed by atoms with E-state index in [9.17, 15) is 8.42 Å². The van der Waals surface area contributed by atoms with Crippen molar-refractivity contribution in [1.29, 1.82) is 0 Å². The molecule has 0 radical (unpaired) electrons. The van der Waals surface area contributed by atoms with Crippen molar-refractivity contribution in [2.24, 2.45) is 0 Å².